The van der Waals surface area contributed by atoms with E-state index in [0.717, 1.165) is 31.1 Å². The zero-order valence-corrected chi connectivity index (χ0v) is 15.8. The van der Waals surface area contributed by atoms with Gasteiger partial charge in [-0.2, -0.15) is 10.2 Å². The van der Waals surface area contributed by atoms with Crippen LogP contribution in [0.1, 0.15) is 32.6 Å². The fourth-order valence-corrected chi connectivity index (χ4v) is 4.45. The number of nitrogens with zero attached hydrogens (tertiary/aromatic N) is 4. The maximum atomic E-state index is 13.4. The van der Waals surface area contributed by atoms with E-state index in [1.165, 1.54) is 12.8 Å². The highest BCUT2D eigenvalue weighted by Crippen LogP contribution is 2.43. The van der Waals surface area contributed by atoms with Gasteiger partial charge in [-0.1, -0.05) is 24.8 Å². The number of Topliss-reactive ketones (excluding diaryl/α,β-unsaturated/α-hetero) is 1. The first-order chi connectivity index (χ1) is 13.2. The smallest absolute Gasteiger partial charge is 0.161 e. The second-order valence-electron chi connectivity index (χ2n) is 7.74. The van der Waals surface area contributed by atoms with Gasteiger partial charge >= 0.3 is 0 Å². The molecule has 0 amide bonds. The zero-order valence-electron chi connectivity index (χ0n) is 15.8. The lowest BCUT2D eigenvalue weighted by atomic mass is 9.60. The molecule has 3 atom stereocenters. The maximum Gasteiger partial charge on any atom is 0.161 e. The Balaban J connectivity index is 1.66. The zero-order chi connectivity index (χ0) is 18.9. The summed E-state index contributed by atoms with van der Waals surface area (Å²) in [5, 5.41) is 18.1. The van der Waals surface area contributed by atoms with Crippen molar-refractivity contribution in [3.63, 3.8) is 0 Å². The maximum absolute atomic E-state index is 13.4. The van der Waals surface area contributed by atoms with Crippen molar-refractivity contribution < 1.29 is 9.90 Å². The van der Waals surface area contributed by atoms with Crippen molar-refractivity contribution in [3.8, 4) is 11.8 Å². The van der Waals surface area contributed by atoms with Gasteiger partial charge in [0, 0.05) is 19.1 Å². The molecule has 1 aliphatic carbocycles. The summed E-state index contributed by atoms with van der Waals surface area (Å²) in [6, 6.07) is 0. The third-order valence-electron chi connectivity index (χ3n) is 5.90. The fourth-order valence-electron chi connectivity index (χ4n) is 4.45. The molecule has 4 aliphatic rings. The molecule has 6 heteroatoms. The molecule has 1 N–H and O–H groups in total. The molecule has 0 aromatic heterocycles. The molecule has 1 fully saturated rings. The van der Waals surface area contributed by atoms with Gasteiger partial charge in [-0.15, -0.1) is 0 Å². The van der Waals surface area contributed by atoms with Crippen molar-refractivity contribution in [2.75, 3.05) is 32.8 Å². The van der Waals surface area contributed by atoms with Gasteiger partial charge in [0.05, 0.1) is 29.6 Å². The Morgan fingerprint density at radius 3 is 2.93 bits per heavy atom. The number of likely N-dealkylation sites (tertiary alicyclic amines) is 1. The van der Waals surface area contributed by atoms with Crippen molar-refractivity contribution in [3.05, 3.63) is 12.2 Å². The lowest BCUT2D eigenvalue weighted by Crippen LogP contribution is -2.57. The van der Waals surface area contributed by atoms with Gasteiger partial charge in [0.1, 0.15) is 0 Å². The molecule has 0 bridgehead atoms. The van der Waals surface area contributed by atoms with E-state index in [4.69, 9.17) is 0 Å². The normalized spacial score (nSPS) is 32.2. The molecule has 4 rings (SSSR count). The fraction of sp³-hybridized carbons (Fsp3) is 0.619. The molecule has 0 radical (unpaired) electrons. The molecule has 27 heavy (non-hydrogen) atoms. The number of hydrogen-bond acceptors (Lipinski definition) is 6. The molecule has 3 aliphatic heterocycles. The summed E-state index contributed by atoms with van der Waals surface area (Å²) < 4.78 is 0. The first kappa shape index (κ1) is 18.3. The Morgan fingerprint density at radius 1 is 1.33 bits per heavy atom. The van der Waals surface area contributed by atoms with Gasteiger partial charge in [-0.25, -0.2) is 0 Å². The number of carbonyl (C=O) groups excluding carboxylic acids is 1. The molecule has 1 spiro atoms. The first-order valence-corrected chi connectivity index (χ1v) is 9.92. The van der Waals surface area contributed by atoms with Crippen LogP contribution < -0.4 is 0 Å². The minimum Gasteiger partial charge on any atom is -0.396 e. The number of carbonyl (C=O) groups is 1. The van der Waals surface area contributed by atoms with E-state index in [2.05, 4.69) is 31.9 Å². The van der Waals surface area contributed by atoms with Crippen molar-refractivity contribution in [1.82, 2.24) is 4.90 Å². The molecule has 6 nitrogen and oxygen atoms in total. The summed E-state index contributed by atoms with van der Waals surface area (Å²) in [7, 11) is 0. The van der Waals surface area contributed by atoms with Crippen molar-refractivity contribution in [2.24, 2.45) is 32.4 Å². The van der Waals surface area contributed by atoms with Gasteiger partial charge in [0.25, 0.3) is 0 Å². The molecular weight excluding hydrogens is 340 g/mol. The number of allylic oxidation sites excluding steroid dienone is 2. The molecular formula is C21H26N4O2. The van der Waals surface area contributed by atoms with Crippen LogP contribution in [0.3, 0.4) is 0 Å². The molecule has 1 saturated heterocycles. The Labute approximate surface area is 160 Å². The van der Waals surface area contributed by atoms with Gasteiger partial charge in [-0.05, 0) is 44.8 Å². The van der Waals surface area contributed by atoms with Crippen LogP contribution in [0.4, 0.5) is 0 Å². The van der Waals surface area contributed by atoms with Gasteiger partial charge < -0.3 is 5.11 Å². The van der Waals surface area contributed by atoms with Crippen LogP contribution >= 0.6 is 0 Å². The number of aliphatic hydroxyl groups is 1. The van der Waals surface area contributed by atoms with E-state index in [-0.39, 0.29) is 24.2 Å². The molecule has 0 saturated carbocycles. The van der Waals surface area contributed by atoms with Gasteiger partial charge in [0.15, 0.2) is 11.2 Å². The molecule has 3 heterocycles. The monoisotopic (exact) mass is 366 g/mol. The van der Waals surface area contributed by atoms with Crippen LogP contribution in [0.2, 0.25) is 0 Å². The Bertz CT molecular complexity index is 808. The topological polar surface area (TPSA) is 77.6 Å². The lowest BCUT2D eigenvalue weighted by molar-refractivity contribution is -0.124. The highest BCUT2D eigenvalue weighted by atomic mass is 16.3. The molecule has 142 valence electrons. The van der Waals surface area contributed by atoms with E-state index in [0.29, 0.717) is 25.1 Å². The Kier molecular flexibility index (Phi) is 5.07. The number of rotatable bonds is 4. The number of ketones is 1. The van der Waals surface area contributed by atoms with Crippen LogP contribution in [0, 0.1) is 29.1 Å². The molecule has 0 aromatic rings. The summed E-state index contributed by atoms with van der Waals surface area (Å²) in [5.74, 6) is 6.35. The summed E-state index contributed by atoms with van der Waals surface area (Å²) in [6.45, 7) is 5.47. The van der Waals surface area contributed by atoms with Crippen LogP contribution in [-0.4, -0.2) is 65.7 Å². The van der Waals surface area contributed by atoms with Crippen LogP contribution in [0.25, 0.3) is 0 Å². The predicted octanol–water partition coefficient (Wildman–Crippen LogP) is 1.50. The summed E-state index contributed by atoms with van der Waals surface area (Å²) >= 11 is 0. The van der Waals surface area contributed by atoms with E-state index in [9.17, 15) is 9.90 Å². The molecule has 0 aromatic carbocycles. The standard InChI is InChI=1S/C21H26N4O2/c1-15-14-22-17-9-8-16(6-4-12-25-10-2-3-11-25)19-21(17,20(15)27)18(23-24-19)7-5-13-26/h8-9,15-16,26H,2-3,5,7,10-14H2,1H3. The quantitative estimate of drug-likeness (QED) is 0.766. The van der Waals surface area contributed by atoms with E-state index < -0.39 is 5.41 Å². The van der Waals surface area contributed by atoms with Crippen LogP contribution in [0.15, 0.2) is 27.3 Å². The number of aliphatic imine (C=N–C) groups is 1. The summed E-state index contributed by atoms with van der Waals surface area (Å²) in [6.07, 6.45) is 7.54. The average molecular weight is 366 g/mol. The summed E-state index contributed by atoms with van der Waals surface area (Å²) in [5.41, 5.74) is 1.23. The second kappa shape index (κ2) is 7.49. The highest BCUT2D eigenvalue weighted by Gasteiger charge is 2.58. The van der Waals surface area contributed by atoms with Gasteiger partial charge in [-0.3, -0.25) is 14.7 Å². The largest absolute Gasteiger partial charge is 0.396 e. The van der Waals surface area contributed by atoms with Crippen molar-refractivity contribution >= 4 is 22.9 Å². The van der Waals surface area contributed by atoms with Crippen LogP contribution in [-0.2, 0) is 4.79 Å². The third kappa shape index (κ3) is 2.99. The average Bonchev–Trinajstić information content (AvgIpc) is 3.32. The van der Waals surface area contributed by atoms with E-state index >= 15 is 0 Å². The minimum atomic E-state index is -0.950. The predicted molar refractivity (Wildman–Crippen MR) is 106 cm³/mol. The van der Waals surface area contributed by atoms with Crippen molar-refractivity contribution in [1.29, 1.82) is 0 Å². The second-order valence-corrected chi connectivity index (χ2v) is 7.74. The lowest BCUT2D eigenvalue weighted by Gasteiger charge is -2.39. The van der Waals surface area contributed by atoms with Crippen molar-refractivity contribution in [2.45, 2.75) is 32.6 Å². The van der Waals surface area contributed by atoms with Crippen LogP contribution in [0.5, 0.6) is 0 Å². The number of aliphatic hydroxyl groups excluding tert-OH is 1. The molecule has 3 unspecified atom stereocenters. The summed E-state index contributed by atoms with van der Waals surface area (Å²) in [4.78, 5) is 20.4. The highest BCUT2D eigenvalue weighted by molar-refractivity contribution is 6.47. The number of hydrogen-bond donors (Lipinski definition) is 1. The van der Waals surface area contributed by atoms with E-state index in [1.807, 2.05) is 19.1 Å². The Morgan fingerprint density at radius 2 is 2.15 bits per heavy atom. The minimum absolute atomic E-state index is 0.0650. The first-order valence-electron chi connectivity index (χ1n) is 9.92. The van der Waals surface area contributed by atoms with Gasteiger partial charge in [0.2, 0.25) is 0 Å². The SMILES string of the molecule is CC1CN=C2C=CC(C#CCN3CCCC3)C3=NN=C(CCCO)C23C1=O. The van der Waals surface area contributed by atoms with E-state index in [1.54, 1.807) is 0 Å². The Hall–Kier alpha value is -2.10. The third-order valence-corrected chi connectivity index (χ3v) is 5.90.